The summed E-state index contributed by atoms with van der Waals surface area (Å²) < 4.78 is 0. The molecule has 0 saturated heterocycles. The van der Waals surface area contributed by atoms with Crippen molar-refractivity contribution in [1.82, 2.24) is 5.32 Å². The molecule has 0 saturated carbocycles. The van der Waals surface area contributed by atoms with Crippen molar-refractivity contribution < 1.29 is 4.79 Å². The van der Waals surface area contributed by atoms with Crippen molar-refractivity contribution in [3.05, 3.63) is 71.3 Å². The van der Waals surface area contributed by atoms with Gasteiger partial charge in [0.25, 0.3) is 0 Å². The number of carbonyl (C=O) groups excluding carboxylic acids is 1. The van der Waals surface area contributed by atoms with Crippen molar-refractivity contribution in [3.63, 3.8) is 0 Å². The van der Waals surface area contributed by atoms with Crippen LogP contribution in [0, 0.1) is 0 Å². The van der Waals surface area contributed by atoms with Crippen molar-refractivity contribution >= 4 is 5.91 Å². The van der Waals surface area contributed by atoms with E-state index in [1.807, 2.05) is 61.5 Å². The normalized spacial score (nSPS) is 13.6. The number of aryl methyl sites for hydroxylation is 1. The summed E-state index contributed by atoms with van der Waals surface area (Å²) in [4.78, 5) is 12.0. The van der Waals surface area contributed by atoms with E-state index in [0.29, 0.717) is 6.54 Å². The highest BCUT2D eigenvalue weighted by Gasteiger charge is 2.32. The summed E-state index contributed by atoms with van der Waals surface area (Å²) in [6, 6.07) is 18.0. The molecule has 3 heteroatoms. The minimum Gasteiger partial charge on any atom is -0.368 e. The lowest BCUT2D eigenvalue weighted by Gasteiger charge is -2.28. The van der Waals surface area contributed by atoms with Gasteiger partial charge >= 0.3 is 0 Å². The zero-order valence-electron chi connectivity index (χ0n) is 12.6. The molecule has 0 aliphatic rings. The molecule has 0 aromatic heterocycles. The quantitative estimate of drug-likeness (QED) is 0.856. The van der Waals surface area contributed by atoms with Crippen molar-refractivity contribution in [3.8, 4) is 0 Å². The summed E-state index contributed by atoms with van der Waals surface area (Å²) >= 11 is 0. The maximum absolute atomic E-state index is 12.0. The first kappa shape index (κ1) is 15.3. The van der Waals surface area contributed by atoms with Crippen LogP contribution in [0.3, 0.4) is 0 Å². The van der Waals surface area contributed by atoms with Gasteiger partial charge in [-0.3, -0.25) is 10.1 Å². The van der Waals surface area contributed by atoms with Gasteiger partial charge in [-0.1, -0.05) is 61.5 Å². The van der Waals surface area contributed by atoms with Crippen LogP contribution in [0.5, 0.6) is 0 Å². The van der Waals surface area contributed by atoms with Crippen LogP contribution in [0.25, 0.3) is 0 Å². The van der Waals surface area contributed by atoms with Gasteiger partial charge < -0.3 is 5.73 Å². The van der Waals surface area contributed by atoms with E-state index in [-0.39, 0.29) is 5.91 Å². The maximum atomic E-state index is 12.0. The number of carbonyl (C=O) groups is 1. The fourth-order valence-electron chi connectivity index (χ4n) is 2.28. The van der Waals surface area contributed by atoms with Crippen LogP contribution in [0.1, 0.15) is 30.5 Å². The highest BCUT2D eigenvalue weighted by Crippen LogP contribution is 2.22. The molecule has 0 radical (unpaired) electrons. The summed E-state index contributed by atoms with van der Waals surface area (Å²) in [5.41, 5.74) is 8.02. The van der Waals surface area contributed by atoms with Crippen LogP contribution in [-0.4, -0.2) is 5.91 Å². The van der Waals surface area contributed by atoms with E-state index in [1.54, 1.807) is 0 Å². The molecular formula is C18H22N2O. The molecule has 2 aromatic rings. The fourth-order valence-corrected chi connectivity index (χ4v) is 2.28. The zero-order chi connectivity index (χ0) is 15.3. The molecular weight excluding hydrogens is 260 g/mol. The zero-order valence-corrected chi connectivity index (χ0v) is 12.6. The smallest absolute Gasteiger partial charge is 0.242 e. The second-order valence-electron chi connectivity index (χ2n) is 5.38. The molecule has 0 heterocycles. The van der Waals surface area contributed by atoms with Gasteiger partial charge in [-0.15, -0.1) is 0 Å². The van der Waals surface area contributed by atoms with E-state index in [2.05, 4.69) is 12.2 Å². The van der Waals surface area contributed by atoms with Gasteiger partial charge in [0.2, 0.25) is 5.91 Å². The molecule has 0 spiro atoms. The Bertz CT molecular complexity index is 592. The topological polar surface area (TPSA) is 55.1 Å². The van der Waals surface area contributed by atoms with Gasteiger partial charge in [-0.2, -0.15) is 0 Å². The average molecular weight is 282 g/mol. The standard InChI is InChI=1S/C18H22N2O/c1-3-14-9-11-16(12-10-14)18(2,17(19)21)20-13-15-7-5-4-6-8-15/h4-12,20H,3,13H2,1-2H3,(H2,19,21). The minimum atomic E-state index is -0.873. The lowest BCUT2D eigenvalue weighted by Crippen LogP contribution is -2.50. The Morgan fingerprint density at radius 2 is 1.67 bits per heavy atom. The van der Waals surface area contributed by atoms with Crippen LogP contribution in [-0.2, 0) is 23.3 Å². The molecule has 2 rings (SSSR count). The molecule has 0 bridgehead atoms. The van der Waals surface area contributed by atoms with E-state index >= 15 is 0 Å². The summed E-state index contributed by atoms with van der Waals surface area (Å²) in [7, 11) is 0. The average Bonchev–Trinajstić information content (AvgIpc) is 2.53. The van der Waals surface area contributed by atoms with Crippen molar-refractivity contribution in [1.29, 1.82) is 0 Å². The number of rotatable bonds is 6. The highest BCUT2D eigenvalue weighted by molar-refractivity contribution is 5.85. The Kier molecular flexibility index (Phi) is 4.76. The van der Waals surface area contributed by atoms with E-state index in [4.69, 9.17) is 5.73 Å². The Balaban J connectivity index is 2.21. The molecule has 0 aliphatic carbocycles. The molecule has 2 aromatic carbocycles. The van der Waals surface area contributed by atoms with Gasteiger partial charge in [-0.25, -0.2) is 0 Å². The Hall–Kier alpha value is -2.13. The Labute approximate surface area is 126 Å². The molecule has 110 valence electrons. The first-order valence-corrected chi connectivity index (χ1v) is 7.24. The molecule has 1 atom stereocenters. The third-order valence-corrected chi connectivity index (χ3v) is 3.92. The summed E-state index contributed by atoms with van der Waals surface area (Å²) in [5.74, 6) is -0.373. The highest BCUT2D eigenvalue weighted by atomic mass is 16.1. The number of nitrogens with one attached hydrogen (secondary N) is 1. The molecule has 21 heavy (non-hydrogen) atoms. The first-order chi connectivity index (χ1) is 10.1. The van der Waals surface area contributed by atoms with Crippen LogP contribution in [0.15, 0.2) is 54.6 Å². The summed E-state index contributed by atoms with van der Waals surface area (Å²) in [6.45, 7) is 4.53. The predicted octanol–water partition coefficient (Wildman–Crippen LogP) is 2.74. The Morgan fingerprint density at radius 1 is 1.05 bits per heavy atom. The molecule has 0 fully saturated rings. The number of primary amides is 1. The number of hydrogen-bond donors (Lipinski definition) is 2. The van der Waals surface area contributed by atoms with E-state index in [1.165, 1.54) is 5.56 Å². The summed E-state index contributed by atoms with van der Waals surface area (Å²) in [6.07, 6.45) is 0.977. The second-order valence-corrected chi connectivity index (χ2v) is 5.38. The molecule has 1 unspecified atom stereocenters. The molecule has 3 nitrogen and oxygen atoms in total. The third kappa shape index (κ3) is 3.50. The van der Waals surface area contributed by atoms with Crippen molar-refractivity contribution in [2.75, 3.05) is 0 Å². The number of nitrogens with two attached hydrogens (primary N) is 1. The van der Waals surface area contributed by atoms with Crippen LogP contribution in [0.4, 0.5) is 0 Å². The summed E-state index contributed by atoms with van der Waals surface area (Å²) in [5, 5.41) is 3.29. The van der Waals surface area contributed by atoms with E-state index < -0.39 is 5.54 Å². The fraction of sp³-hybridized carbons (Fsp3) is 0.278. The van der Waals surface area contributed by atoms with Gasteiger partial charge in [0, 0.05) is 6.54 Å². The third-order valence-electron chi connectivity index (χ3n) is 3.92. The lowest BCUT2D eigenvalue weighted by molar-refractivity contribution is -0.124. The molecule has 1 amide bonds. The van der Waals surface area contributed by atoms with Gasteiger partial charge in [0.1, 0.15) is 5.54 Å². The molecule has 3 N–H and O–H groups in total. The maximum Gasteiger partial charge on any atom is 0.242 e. The monoisotopic (exact) mass is 282 g/mol. The van der Waals surface area contributed by atoms with Crippen molar-refractivity contribution in [2.24, 2.45) is 5.73 Å². The Morgan fingerprint density at radius 3 is 2.19 bits per heavy atom. The first-order valence-electron chi connectivity index (χ1n) is 7.24. The van der Waals surface area contributed by atoms with Gasteiger partial charge in [-0.05, 0) is 30.0 Å². The van der Waals surface area contributed by atoms with E-state index in [9.17, 15) is 4.79 Å². The van der Waals surface area contributed by atoms with E-state index in [0.717, 1.165) is 17.5 Å². The van der Waals surface area contributed by atoms with Crippen LogP contribution >= 0.6 is 0 Å². The molecule has 0 aliphatic heterocycles. The second kappa shape index (κ2) is 6.55. The lowest BCUT2D eigenvalue weighted by atomic mass is 9.90. The predicted molar refractivity (Wildman–Crippen MR) is 85.6 cm³/mol. The number of benzene rings is 2. The van der Waals surface area contributed by atoms with Crippen LogP contribution in [0.2, 0.25) is 0 Å². The van der Waals surface area contributed by atoms with Gasteiger partial charge in [0.05, 0.1) is 0 Å². The number of hydrogen-bond acceptors (Lipinski definition) is 2. The largest absolute Gasteiger partial charge is 0.368 e. The van der Waals surface area contributed by atoms with Gasteiger partial charge in [0.15, 0.2) is 0 Å². The van der Waals surface area contributed by atoms with Crippen LogP contribution < -0.4 is 11.1 Å². The number of amides is 1. The SMILES string of the molecule is CCc1ccc(C(C)(NCc2ccccc2)C(N)=O)cc1. The van der Waals surface area contributed by atoms with Crippen molar-refractivity contribution in [2.45, 2.75) is 32.4 Å². The minimum absolute atomic E-state index is 0.373.